The molecule has 69 heavy (non-hydrogen) atoms. The molecular weight excluding hydrogens is 831 g/mol. The smallest absolute Gasteiger partial charge is 0.389 e. The maximum Gasteiger partial charge on any atom is 0.389 e. The van der Waals surface area contributed by atoms with Gasteiger partial charge in [-0.15, -0.1) is 0 Å². The third kappa shape index (κ3) is 6.10. The van der Waals surface area contributed by atoms with Crippen LogP contribution in [0.25, 0.3) is 66.8 Å². The molecule has 0 aliphatic carbocycles. The normalized spacial score (nSPS) is 13.7. The van der Waals surface area contributed by atoms with Crippen molar-refractivity contribution in [3.63, 3.8) is 0 Å². The van der Waals surface area contributed by atoms with E-state index in [1.54, 1.807) is 0 Å². The minimum atomic E-state index is -0.155. The van der Waals surface area contributed by atoms with Gasteiger partial charge < -0.3 is 14.2 Å². The van der Waals surface area contributed by atoms with E-state index < -0.39 is 0 Å². The zero-order chi connectivity index (χ0) is 47.1. The predicted octanol–water partition coefficient (Wildman–Crippen LogP) is 13.4. The molecule has 0 unspecified atom stereocenters. The summed E-state index contributed by atoms with van der Waals surface area (Å²) >= 11 is 0. The lowest BCUT2D eigenvalue weighted by Crippen LogP contribution is -2.88. The van der Waals surface area contributed by atoms with Gasteiger partial charge in [0.1, 0.15) is 0 Å². The molecule has 1 fully saturated rings. The zero-order valence-electron chi connectivity index (χ0n) is 41.2. The number of hydrogen-bond acceptors (Lipinski definition) is 3. The summed E-state index contributed by atoms with van der Waals surface area (Å²) in [6.45, 7) is 19.8. The van der Waals surface area contributed by atoms with Gasteiger partial charge in [-0.25, -0.2) is 0 Å². The van der Waals surface area contributed by atoms with E-state index in [0.717, 1.165) is 0 Å². The van der Waals surface area contributed by atoms with Gasteiger partial charge >= 0.3 is 20.9 Å². The minimum absolute atomic E-state index is 0.155. The monoisotopic (exact) mass is 885 g/mol. The number of fused-ring (bicyclic) bond motifs is 21. The van der Waals surface area contributed by atoms with Gasteiger partial charge in [-0.1, -0.05) is 162 Å². The molecule has 3 nitrogen and oxygen atoms in total. The van der Waals surface area contributed by atoms with Crippen molar-refractivity contribution >= 4 is 54.4 Å². The van der Waals surface area contributed by atoms with Crippen molar-refractivity contribution in [3.05, 3.63) is 214 Å². The van der Waals surface area contributed by atoms with Crippen LogP contribution in [0.1, 0.15) is 50.1 Å². The fourth-order valence-corrected chi connectivity index (χ4v) is 13.7. The number of benzene rings is 9. The Morgan fingerprint density at radius 3 is 0.768 bits per heavy atom. The molecule has 4 heterocycles. The summed E-state index contributed by atoms with van der Waals surface area (Å²) in [5.74, 6) is 0. The molecule has 0 saturated carbocycles. The number of aryl methyl sites for hydroxylation is 9. The second kappa shape index (κ2) is 15.3. The van der Waals surface area contributed by atoms with Crippen molar-refractivity contribution in [1.82, 2.24) is 0 Å². The first-order valence-corrected chi connectivity index (χ1v) is 24.7. The SMILES string of the molecule is Cc1cc(C)c(-c2ccc3c(c2)N2B(c4ccccc4-3)N3B(c4ccccc4-c4ccc(-c5c(C)cc(C)cc5C)cc43)N3B2c2ccccc2-c2ccc(-c4c(C)cc(C)cc4C)cc23)c(C)c1. The second-order valence-electron chi connectivity index (χ2n) is 20.6. The van der Waals surface area contributed by atoms with Crippen LogP contribution in [0, 0.1) is 62.3 Å². The molecule has 0 N–H and O–H groups in total. The van der Waals surface area contributed by atoms with E-state index in [-0.39, 0.29) is 20.9 Å². The summed E-state index contributed by atoms with van der Waals surface area (Å²) in [4.78, 5) is 0. The summed E-state index contributed by atoms with van der Waals surface area (Å²) < 4.78 is 8.46. The van der Waals surface area contributed by atoms with Crippen LogP contribution in [0.5, 0.6) is 0 Å². The van der Waals surface area contributed by atoms with Crippen molar-refractivity contribution in [2.45, 2.75) is 62.3 Å². The summed E-state index contributed by atoms with van der Waals surface area (Å²) in [6.07, 6.45) is 0. The van der Waals surface area contributed by atoms with Crippen LogP contribution in [0.15, 0.2) is 164 Å². The van der Waals surface area contributed by atoms with Crippen LogP contribution < -0.4 is 30.6 Å². The Morgan fingerprint density at radius 2 is 0.507 bits per heavy atom. The summed E-state index contributed by atoms with van der Waals surface area (Å²) in [5.41, 5.74) is 34.9. The third-order valence-corrected chi connectivity index (χ3v) is 15.9. The molecule has 0 bridgehead atoms. The standard InChI is InChI=1S/C63H54B3N3/c1-37-28-40(4)61(41(5)29-37)46-22-25-52-49-16-10-13-19-55(49)64-67(58(52)34-46)65-56-20-14-11-17-50(56)53-26-23-47(62-42(6)30-38(2)31-43(62)7)35-59(53)69(65)66-57-21-15-12-18-51(57)54-27-24-48(36-60(54)68(64)66)63-44(8)32-39(3)33-45(63)9/h10-36H,1-9H3. The highest BCUT2D eigenvalue weighted by molar-refractivity contribution is 7.16. The van der Waals surface area contributed by atoms with Crippen LogP contribution in [-0.4, -0.2) is 20.9 Å². The topological polar surface area (TPSA) is 9.72 Å². The molecule has 13 rings (SSSR count). The van der Waals surface area contributed by atoms with E-state index in [9.17, 15) is 0 Å². The van der Waals surface area contributed by atoms with Crippen molar-refractivity contribution in [1.29, 1.82) is 0 Å². The number of anilines is 3. The molecule has 0 amide bonds. The van der Waals surface area contributed by atoms with Gasteiger partial charge in [0.05, 0.1) is 0 Å². The van der Waals surface area contributed by atoms with Gasteiger partial charge in [0.2, 0.25) is 0 Å². The molecule has 6 heteroatoms. The molecule has 9 aromatic carbocycles. The van der Waals surface area contributed by atoms with Crippen LogP contribution in [0.2, 0.25) is 0 Å². The van der Waals surface area contributed by atoms with Crippen LogP contribution in [-0.2, 0) is 0 Å². The molecule has 330 valence electrons. The lowest BCUT2D eigenvalue weighted by Gasteiger charge is -2.61. The number of rotatable bonds is 3. The Balaban J connectivity index is 1.16. The van der Waals surface area contributed by atoms with E-state index >= 15 is 0 Å². The maximum absolute atomic E-state index is 2.82. The predicted molar refractivity (Wildman–Crippen MR) is 298 cm³/mol. The lowest BCUT2D eigenvalue weighted by atomic mass is 9.33. The molecule has 9 aromatic rings. The Labute approximate surface area is 409 Å². The van der Waals surface area contributed by atoms with E-state index in [1.165, 1.54) is 150 Å². The largest absolute Gasteiger partial charge is 0.416 e. The molecule has 4 aliphatic heterocycles. The average Bonchev–Trinajstić information content (AvgIpc) is 3.32. The van der Waals surface area contributed by atoms with Crippen molar-refractivity contribution in [3.8, 4) is 66.8 Å². The zero-order valence-corrected chi connectivity index (χ0v) is 41.2. The minimum Gasteiger partial charge on any atom is -0.416 e. The van der Waals surface area contributed by atoms with Gasteiger partial charge in [0, 0.05) is 33.8 Å². The Bertz CT molecular complexity index is 3220. The second-order valence-corrected chi connectivity index (χ2v) is 20.6. The number of hydrogen-bond donors (Lipinski definition) is 0. The highest BCUT2D eigenvalue weighted by Crippen LogP contribution is 2.51. The van der Waals surface area contributed by atoms with E-state index in [4.69, 9.17) is 0 Å². The Kier molecular flexibility index (Phi) is 9.25. The highest BCUT2D eigenvalue weighted by atomic mass is 15.3. The molecule has 0 radical (unpaired) electrons. The maximum atomic E-state index is 2.82. The first-order valence-electron chi connectivity index (χ1n) is 24.7. The van der Waals surface area contributed by atoms with Crippen LogP contribution in [0.4, 0.5) is 17.1 Å². The molecule has 0 aromatic heterocycles. The molecule has 4 aliphatic rings. The quantitative estimate of drug-likeness (QED) is 0.164. The fraction of sp³-hybridized carbons (Fsp3) is 0.143. The first kappa shape index (κ1) is 41.7. The molecule has 0 spiro atoms. The van der Waals surface area contributed by atoms with Crippen LogP contribution in [0.3, 0.4) is 0 Å². The molecule has 1 saturated heterocycles. The Morgan fingerprint density at radius 1 is 0.261 bits per heavy atom. The van der Waals surface area contributed by atoms with Gasteiger partial charge in [0.25, 0.3) is 0 Å². The first-order chi connectivity index (χ1) is 33.4. The molecular formula is C63H54B3N3. The van der Waals surface area contributed by atoms with Gasteiger partial charge in [-0.3, -0.25) is 0 Å². The van der Waals surface area contributed by atoms with Crippen molar-refractivity contribution in [2.75, 3.05) is 14.2 Å². The summed E-state index contributed by atoms with van der Waals surface area (Å²) in [5, 5.41) is 0. The van der Waals surface area contributed by atoms with Gasteiger partial charge in [0.15, 0.2) is 0 Å². The Hall–Kier alpha value is -7.43. The van der Waals surface area contributed by atoms with Crippen molar-refractivity contribution < 1.29 is 0 Å². The molecule has 0 atom stereocenters. The van der Waals surface area contributed by atoms with Crippen molar-refractivity contribution in [2.24, 2.45) is 0 Å². The summed E-state index contributed by atoms with van der Waals surface area (Å²) in [6, 6.07) is 63.8. The van der Waals surface area contributed by atoms with E-state index in [1.807, 2.05) is 0 Å². The van der Waals surface area contributed by atoms with E-state index in [2.05, 4.69) is 240 Å². The summed E-state index contributed by atoms with van der Waals surface area (Å²) in [7, 11) is 0. The van der Waals surface area contributed by atoms with Gasteiger partial charge in [-0.2, -0.15) is 0 Å². The number of nitrogens with zero attached hydrogens (tertiary/aromatic N) is 3. The average molecular weight is 886 g/mol. The van der Waals surface area contributed by atoms with E-state index in [0.29, 0.717) is 0 Å². The highest BCUT2D eigenvalue weighted by Gasteiger charge is 2.61. The lowest BCUT2D eigenvalue weighted by molar-refractivity contribution is 1.26. The third-order valence-electron chi connectivity index (χ3n) is 15.9. The fourth-order valence-electron chi connectivity index (χ4n) is 13.7. The van der Waals surface area contributed by atoms with Gasteiger partial charge in [-0.05, 0) is 180 Å². The van der Waals surface area contributed by atoms with Crippen LogP contribution >= 0.6 is 0 Å².